The van der Waals surface area contributed by atoms with Crippen molar-refractivity contribution < 1.29 is 9.59 Å². The monoisotopic (exact) mass is 258 g/mol. The molecule has 1 aliphatic heterocycles. The molecule has 0 unspecified atom stereocenters. The maximum Gasteiger partial charge on any atom is 0.244 e. The largest absolute Gasteiger partial charge is 0.340 e. The number of carbonyl (C=O) groups excluding carboxylic acids is 2. The standard InChI is InChI=1S/C13H14N4O2/c18-10-5-7-16(8-6-10)13(19)9-17-12-4-2-1-3-11(12)14-15-17/h1-4H,5-9H2. The van der Waals surface area contributed by atoms with Crippen LogP contribution in [0.1, 0.15) is 12.8 Å². The average molecular weight is 258 g/mol. The summed E-state index contributed by atoms with van der Waals surface area (Å²) in [4.78, 5) is 25.0. The van der Waals surface area contributed by atoms with Crippen LogP contribution in [0.4, 0.5) is 0 Å². The van der Waals surface area contributed by atoms with E-state index < -0.39 is 0 Å². The molecule has 3 rings (SSSR count). The van der Waals surface area contributed by atoms with Crippen LogP contribution in [-0.4, -0.2) is 44.7 Å². The van der Waals surface area contributed by atoms with Gasteiger partial charge >= 0.3 is 0 Å². The number of likely N-dealkylation sites (tertiary alicyclic amines) is 1. The average Bonchev–Trinajstić information content (AvgIpc) is 2.83. The highest BCUT2D eigenvalue weighted by molar-refractivity contribution is 5.84. The van der Waals surface area contributed by atoms with Gasteiger partial charge in [-0.3, -0.25) is 9.59 Å². The summed E-state index contributed by atoms with van der Waals surface area (Å²) in [7, 11) is 0. The Hall–Kier alpha value is -2.24. The predicted molar refractivity (Wildman–Crippen MR) is 68.3 cm³/mol. The molecule has 0 radical (unpaired) electrons. The van der Waals surface area contributed by atoms with Gasteiger partial charge in [0.15, 0.2) is 0 Å². The van der Waals surface area contributed by atoms with Gasteiger partial charge in [-0.25, -0.2) is 4.68 Å². The van der Waals surface area contributed by atoms with Crippen LogP contribution < -0.4 is 0 Å². The van der Waals surface area contributed by atoms with Crippen LogP contribution in [0.3, 0.4) is 0 Å². The third-order valence-electron chi connectivity index (χ3n) is 3.38. The van der Waals surface area contributed by atoms with Crippen LogP contribution in [0.2, 0.25) is 0 Å². The number of amides is 1. The number of nitrogens with zero attached hydrogens (tertiary/aromatic N) is 4. The minimum absolute atomic E-state index is 0.0110. The number of aromatic nitrogens is 3. The molecule has 1 fully saturated rings. The summed E-state index contributed by atoms with van der Waals surface area (Å²) >= 11 is 0. The zero-order valence-corrected chi connectivity index (χ0v) is 10.5. The summed E-state index contributed by atoms with van der Waals surface area (Å²) < 4.78 is 1.61. The molecule has 6 heteroatoms. The zero-order chi connectivity index (χ0) is 13.2. The van der Waals surface area contributed by atoms with E-state index in [2.05, 4.69) is 10.3 Å². The van der Waals surface area contributed by atoms with Crippen molar-refractivity contribution in [2.45, 2.75) is 19.4 Å². The van der Waals surface area contributed by atoms with Crippen molar-refractivity contribution in [3.05, 3.63) is 24.3 Å². The molecule has 2 heterocycles. The number of hydrogen-bond donors (Lipinski definition) is 0. The summed E-state index contributed by atoms with van der Waals surface area (Å²) in [5.74, 6) is 0.221. The van der Waals surface area contributed by atoms with E-state index in [1.807, 2.05) is 24.3 Å². The molecule has 1 aliphatic rings. The Morgan fingerprint density at radius 1 is 1.21 bits per heavy atom. The SMILES string of the molecule is O=C1CCN(C(=O)Cn2nnc3ccccc32)CC1. The second kappa shape index (κ2) is 4.79. The van der Waals surface area contributed by atoms with E-state index in [1.165, 1.54) is 0 Å². The van der Waals surface area contributed by atoms with Crippen LogP contribution in [0.5, 0.6) is 0 Å². The van der Waals surface area contributed by atoms with Crippen molar-refractivity contribution in [2.75, 3.05) is 13.1 Å². The molecule has 1 saturated heterocycles. The van der Waals surface area contributed by atoms with E-state index in [0.29, 0.717) is 25.9 Å². The van der Waals surface area contributed by atoms with Gasteiger partial charge in [0.2, 0.25) is 5.91 Å². The van der Waals surface area contributed by atoms with E-state index in [4.69, 9.17) is 0 Å². The maximum atomic E-state index is 12.1. The molecule has 6 nitrogen and oxygen atoms in total. The predicted octanol–water partition coefficient (Wildman–Crippen LogP) is 0.623. The summed E-state index contributed by atoms with van der Waals surface area (Å²) in [6.07, 6.45) is 0.924. The fraction of sp³-hybridized carbons (Fsp3) is 0.385. The molecular weight excluding hydrogens is 244 g/mol. The lowest BCUT2D eigenvalue weighted by molar-refractivity contribution is -0.135. The number of ketones is 1. The highest BCUT2D eigenvalue weighted by atomic mass is 16.2. The van der Waals surface area contributed by atoms with Gasteiger partial charge in [-0.2, -0.15) is 0 Å². The molecule has 2 aromatic rings. The summed E-state index contributed by atoms with van der Waals surface area (Å²) in [6, 6.07) is 7.54. The van der Waals surface area contributed by atoms with Crippen LogP contribution in [0.15, 0.2) is 24.3 Å². The van der Waals surface area contributed by atoms with Crippen molar-refractivity contribution in [2.24, 2.45) is 0 Å². The van der Waals surface area contributed by atoms with E-state index >= 15 is 0 Å². The van der Waals surface area contributed by atoms with Gasteiger partial charge in [0.1, 0.15) is 17.8 Å². The van der Waals surface area contributed by atoms with Gasteiger partial charge in [0, 0.05) is 25.9 Å². The second-order valence-electron chi connectivity index (χ2n) is 4.66. The van der Waals surface area contributed by atoms with Crippen molar-refractivity contribution in [3.8, 4) is 0 Å². The quantitative estimate of drug-likeness (QED) is 0.792. The van der Waals surface area contributed by atoms with Crippen molar-refractivity contribution in [1.29, 1.82) is 0 Å². The number of carbonyl (C=O) groups is 2. The van der Waals surface area contributed by atoms with E-state index in [9.17, 15) is 9.59 Å². The Kier molecular flexibility index (Phi) is 2.98. The first-order valence-electron chi connectivity index (χ1n) is 6.32. The van der Waals surface area contributed by atoms with Crippen molar-refractivity contribution >= 4 is 22.7 Å². The van der Waals surface area contributed by atoms with Gasteiger partial charge in [0.05, 0.1) is 5.52 Å². The van der Waals surface area contributed by atoms with Crippen molar-refractivity contribution in [1.82, 2.24) is 19.9 Å². The maximum absolute atomic E-state index is 12.1. The molecule has 0 N–H and O–H groups in total. The third kappa shape index (κ3) is 2.33. The van der Waals surface area contributed by atoms with Crippen LogP contribution in [-0.2, 0) is 16.1 Å². The van der Waals surface area contributed by atoms with Crippen LogP contribution >= 0.6 is 0 Å². The topological polar surface area (TPSA) is 68.1 Å². The number of piperidine rings is 1. The Morgan fingerprint density at radius 3 is 2.74 bits per heavy atom. The smallest absolute Gasteiger partial charge is 0.244 e. The second-order valence-corrected chi connectivity index (χ2v) is 4.66. The van der Waals surface area contributed by atoms with E-state index in [0.717, 1.165) is 11.0 Å². The Bertz CT molecular complexity index is 624. The fourth-order valence-electron chi connectivity index (χ4n) is 2.27. The number of Topliss-reactive ketones (excluding diaryl/α,β-unsaturated/α-hetero) is 1. The number of rotatable bonds is 2. The highest BCUT2D eigenvalue weighted by Gasteiger charge is 2.21. The Balaban J connectivity index is 1.74. The Labute approximate surface area is 110 Å². The molecule has 0 saturated carbocycles. The number of fused-ring (bicyclic) bond motifs is 1. The molecule has 1 amide bonds. The molecule has 0 aliphatic carbocycles. The third-order valence-corrected chi connectivity index (χ3v) is 3.38. The summed E-state index contributed by atoms with van der Waals surface area (Å²) in [5, 5.41) is 8.01. The molecule has 0 atom stereocenters. The highest BCUT2D eigenvalue weighted by Crippen LogP contribution is 2.11. The van der Waals surface area contributed by atoms with Crippen LogP contribution in [0, 0.1) is 0 Å². The molecular formula is C13H14N4O2. The number of para-hydroxylation sites is 1. The van der Waals surface area contributed by atoms with Gasteiger partial charge in [-0.15, -0.1) is 5.10 Å². The van der Waals surface area contributed by atoms with Gasteiger partial charge < -0.3 is 4.90 Å². The van der Waals surface area contributed by atoms with Gasteiger partial charge in [-0.05, 0) is 12.1 Å². The first-order valence-corrected chi connectivity index (χ1v) is 6.32. The molecule has 98 valence electrons. The zero-order valence-electron chi connectivity index (χ0n) is 10.5. The lowest BCUT2D eigenvalue weighted by Gasteiger charge is -2.25. The molecule has 19 heavy (non-hydrogen) atoms. The first-order chi connectivity index (χ1) is 9.24. The molecule has 1 aromatic carbocycles. The lowest BCUT2D eigenvalue weighted by Crippen LogP contribution is -2.40. The Morgan fingerprint density at radius 2 is 1.95 bits per heavy atom. The summed E-state index contributed by atoms with van der Waals surface area (Å²) in [6.45, 7) is 1.21. The van der Waals surface area contributed by atoms with E-state index in [-0.39, 0.29) is 18.2 Å². The normalized spacial score (nSPS) is 16.0. The molecule has 1 aromatic heterocycles. The first kappa shape index (κ1) is 11.8. The van der Waals surface area contributed by atoms with Crippen molar-refractivity contribution in [3.63, 3.8) is 0 Å². The van der Waals surface area contributed by atoms with Crippen LogP contribution in [0.25, 0.3) is 11.0 Å². The van der Waals surface area contributed by atoms with E-state index in [1.54, 1.807) is 9.58 Å². The minimum Gasteiger partial charge on any atom is -0.340 e. The summed E-state index contributed by atoms with van der Waals surface area (Å²) in [5.41, 5.74) is 1.63. The van der Waals surface area contributed by atoms with Gasteiger partial charge in [0.25, 0.3) is 0 Å². The number of hydrogen-bond acceptors (Lipinski definition) is 4. The van der Waals surface area contributed by atoms with Gasteiger partial charge in [-0.1, -0.05) is 17.3 Å². The minimum atomic E-state index is -0.0110. The lowest BCUT2D eigenvalue weighted by atomic mass is 10.1. The molecule has 0 bridgehead atoms. The molecule has 0 spiro atoms. The number of benzene rings is 1. The fourth-order valence-corrected chi connectivity index (χ4v) is 2.27.